The first-order valence-corrected chi connectivity index (χ1v) is 9.58. The van der Waals surface area contributed by atoms with Gasteiger partial charge in [0.05, 0.1) is 6.61 Å². The molecule has 1 aromatic carbocycles. The number of nitrogens with zero attached hydrogens (tertiary/aromatic N) is 1. The Morgan fingerprint density at radius 2 is 1.72 bits per heavy atom. The lowest BCUT2D eigenvalue weighted by atomic mass is 10.2. The van der Waals surface area contributed by atoms with Gasteiger partial charge >= 0.3 is 0 Å². The average Bonchev–Trinajstić information content (AvgIpc) is 2.64. The van der Waals surface area contributed by atoms with Gasteiger partial charge in [0.25, 0.3) is 0 Å². The number of aliphatic imine (C=N–C) groups is 1. The molecule has 0 heterocycles. The molecule has 25 heavy (non-hydrogen) atoms. The molecule has 0 spiro atoms. The number of guanidine groups is 1. The smallest absolute Gasteiger partial charge is 0.191 e. The first kappa shape index (κ1) is 21.5. The monoisotopic (exact) mass is 349 g/mol. The fourth-order valence-electron chi connectivity index (χ4n) is 2.32. The van der Waals surface area contributed by atoms with Crippen molar-refractivity contribution in [2.45, 2.75) is 39.5 Å². The van der Waals surface area contributed by atoms with Crippen molar-refractivity contribution < 1.29 is 9.47 Å². The predicted octanol–water partition coefficient (Wildman–Crippen LogP) is 3.01. The number of hydrogen-bond donors (Lipinski definition) is 2. The van der Waals surface area contributed by atoms with Gasteiger partial charge in [-0.05, 0) is 45.1 Å². The molecule has 0 unspecified atom stereocenters. The minimum absolute atomic E-state index is 0.773. The summed E-state index contributed by atoms with van der Waals surface area (Å²) in [6.07, 6.45) is 4.08. The molecule has 2 N–H and O–H groups in total. The number of ether oxygens (including phenoxy) is 2. The molecule has 0 saturated heterocycles. The molecule has 0 aliphatic rings. The molecule has 0 aliphatic heterocycles. The second-order valence-corrected chi connectivity index (χ2v) is 5.79. The summed E-state index contributed by atoms with van der Waals surface area (Å²) >= 11 is 0. The minimum atomic E-state index is 0.773. The summed E-state index contributed by atoms with van der Waals surface area (Å²) < 4.78 is 11.0. The van der Waals surface area contributed by atoms with E-state index < -0.39 is 0 Å². The number of unbranched alkanes of at least 4 members (excludes halogenated alkanes) is 1. The summed E-state index contributed by atoms with van der Waals surface area (Å²) in [5.74, 6) is 0.893. The summed E-state index contributed by atoms with van der Waals surface area (Å²) in [6, 6.07) is 10.5. The van der Waals surface area contributed by atoms with E-state index in [9.17, 15) is 0 Å². The van der Waals surface area contributed by atoms with E-state index in [2.05, 4.69) is 46.8 Å². The van der Waals surface area contributed by atoms with Crippen LogP contribution in [-0.2, 0) is 15.9 Å². The molecule has 0 aliphatic carbocycles. The summed E-state index contributed by atoms with van der Waals surface area (Å²) in [5.41, 5.74) is 1.33. The van der Waals surface area contributed by atoms with Crippen molar-refractivity contribution in [1.29, 1.82) is 0 Å². The van der Waals surface area contributed by atoms with Gasteiger partial charge in [0.2, 0.25) is 0 Å². The van der Waals surface area contributed by atoms with E-state index in [1.165, 1.54) is 5.56 Å². The van der Waals surface area contributed by atoms with Gasteiger partial charge < -0.3 is 20.1 Å². The van der Waals surface area contributed by atoms with E-state index in [-0.39, 0.29) is 0 Å². The van der Waals surface area contributed by atoms with Crippen molar-refractivity contribution >= 4 is 5.96 Å². The molecule has 1 rings (SSSR count). The molecule has 0 aromatic heterocycles. The highest BCUT2D eigenvalue weighted by Gasteiger charge is 1.97. The van der Waals surface area contributed by atoms with Crippen LogP contribution in [0.4, 0.5) is 0 Å². The van der Waals surface area contributed by atoms with Crippen molar-refractivity contribution in [3.63, 3.8) is 0 Å². The Bertz CT molecular complexity index is 438. The Labute approximate surface area is 153 Å². The number of benzene rings is 1. The van der Waals surface area contributed by atoms with Crippen LogP contribution in [0.5, 0.6) is 0 Å². The van der Waals surface area contributed by atoms with Crippen LogP contribution in [-0.4, -0.2) is 52.0 Å². The van der Waals surface area contributed by atoms with Crippen LogP contribution in [0.1, 0.15) is 38.7 Å². The molecule has 0 amide bonds. The largest absolute Gasteiger partial charge is 0.382 e. The van der Waals surface area contributed by atoms with Gasteiger partial charge in [-0.15, -0.1) is 0 Å². The van der Waals surface area contributed by atoms with Crippen LogP contribution in [0.2, 0.25) is 0 Å². The summed E-state index contributed by atoms with van der Waals surface area (Å²) in [7, 11) is 0. The zero-order valence-corrected chi connectivity index (χ0v) is 15.9. The highest BCUT2D eigenvalue weighted by Crippen LogP contribution is 2.00. The van der Waals surface area contributed by atoms with Crippen molar-refractivity contribution in [2.24, 2.45) is 4.99 Å². The Morgan fingerprint density at radius 1 is 0.920 bits per heavy atom. The molecule has 142 valence electrons. The lowest BCUT2D eigenvalue weighted by Gasteiger charge is -2.11. The maximum atomic E-state index is 5.71. The van der Waals surface area contributed by atoms with Crippen LogP contribution >= 0.6 is 0 Å². The topological polar surface area (TPSA) is 54.9 Å². The van der Waals surface area contributed by atoms with E-state index in [4.69, 9.17) is 9.47 Å². The zero-order valence-electron chi connectivity index (χ0n) is 15.9. The van der Waals surface area contributed by atoms with Crippen LogP contribution < -0.4 is 10.6 Å². The van der Waals surface area contributed by atoms with Crippen molar-refractivity contribution in [2.75, 3.05) is 46.1 Å². The maximum absolute atomic E-state index is 5.71. The normalized spacial score (nSPS) is 11.5. The highest BCUT2D eigenvalue weighted by molar-refractivity contribution is 5.79. The Balaban J connectivity index is 2.00. The molecular weight excluding hydrogens is 314 g/mol. The summed E-state index contributed by atoms with van der Waals surface area (Å²) in [6.45, 7) is 9.84. The fraction of sp³-hybridized carbons (Fsp3) is 0.650. The third kappa shape index (κ3) is 12.4. The van der Waals surface area contributed by atoms with Gasteiger partial charge in [-0.25, -0.2) is 0 Å². The van der Waals surface area contributed by atoms with Crippen LogP contribution in [0.25, 0.3) is 0 Å². The third-order valence-corrected chi connectivity index (χ3v) is 3.65. The Hall–Kier alpha value is -1.59. The standard InChI is InChI=1S/C20H35N3O2/c1-3-21-20(23-15-10-17-24-4-2)22-14-8-9-16-25-18-13-19-11-6-5-7-12-19/h5-7,11-12H,3-4,8-10,13-18H2,1-2H3,(H2,21,22,23). The Kier molecular flexibility index (Phi) is 13.7. The average molecular weight is 350 g/mol. The molecule has 1 aromatic rings. The molecule has 5 nitrogen and oxygen atoms in total. The zero-order chi connectivity index (χ0) is 18.0. The number of nitrogens with one attached hydrogen (secondary N) is 2. The third-order valence-electron chi connectivity index (χ3n) is 3.65. The second-order valence-electron chi connectivity index (χ2n) is 5.79. The van der Waals surface area contributed by atoms with E-state index in [1.807, 2.05) is 13.0 Å². The predicted molar refractivity (Wildman–Crippen MR) is 105 cm³/mol. The molecule has 0 fully saturated rings. The van der Waals surface area contributed by atoms with Crippen molar-refractivity contribution in [1.82, 2.24) is 10.6 Å². The minimum Gasteiger partial charge on any atom is -0.382 e. The van der Waals surface area contributed by atoms with E-state index >= 15 is 0 Å². The highest BCUT2D eigenvalue weighted by atomic mass is 16.5. The number of rotatable bonds is 14. The first-order valence-electron chi connectivity index (χ1n) is 9.58. The lowest BCUT2D eigenvalue weighted by molar-refractivity contribution is 0.133. The molecule has 5 heteroatoms. The van der Waals surface area contributed by atoms with Gasteiger partial charge in [0.1, 0.15) is 0 Å². The molecule has 0 saturated carbocycles. The van der Waals surface area contributed by atoms with Gasteiger partial charge in [0, 0.05) is 39.5 Å². The van der Waals surface area contributed by atoms with Crippen LogP contribution in [0, 0.1) is 0 Å². The van der Waals surface area contributed by atoms with Gasteiger partial charge in [-0.1, -0.05) is 30.3 Å². The lowest BCUT2D eigenvalue weighted by Crippen LogP contribution is -2.38. The molecule has 0 atom stereocenters. The van der Waals surface area contributed by atoms with Gasteiger partial charge in [-0.3, -0.25) is 4.99 Å². The molecule has 0 bridgehead atoms. The van der Waals surface area contributed by atoms with E-state index in [0.717, 1.165) is 77.7 Å². The Morgan fingerprint density at radius 3 is 2.48 bits per heavy atom. The molecule has 0 radical (unpaired) electrons. The van der Waals surface area contributed by atoms with Gasteiger partial charge in [0.15, 0.2) is 5.96 Å². The fourth-order valence-corrected chi connectivity index (χ4v) is 2.32. The van der Waals surface area contributed by atoms with Crippen LogP contribution in [0.15, 0.2) is 35.3 Å². The maximum Gasteiger partial charge on any atom is 0.191 e. The van der Waals surface area contributed by atoms with Crippen molar-refractivity contribution in [3.8, 4) is 0 Å². The number of hydrogen-bond acceptors (Lipinski definition) is 3. The summed E-state index contributed by atoms with van der Waals surface area (Å²) in [5, 5.41) is 6.64. The summed E-state index contributed by atoms with van der Waals surface area (Å²) in [4.78, 5) is 4.55. The second kappa shape index (κ2) is 15.9. The van der Waals surface area contributed by atoms with Crippen LogP contribution in [0.3, 0.4) is 0 Å². The quantitative estimate of drug-likeness (QED) is 0.308. The van der Waals surface area contributed by atoms with E-state index in [1.54, 1.807) is 0 Å². The first-order chi connectivity index (χ1) is 12.4. The SMILES string of the molecule is CCNC(=NCCCOCC)NCCCCOCCc1ccccc1. The van der Waals surface area contributed by atoms with Crippen molar-refractivity contribution in [3.05, 3.63) is 35.9 Å². The van der Waals surface area contributed by atoms with E-state index in [0.29, 0.717) is 0 Å². The van der Waals surface area contributed by atoms with Gasteiger partial charge in [-0.2, -0.15) is 0 Å². The molecular formula is C20H35N3O2.